The molecule has 0 unspecified atom stereocenters. The van der Waals surface area contributed by atoms with E-state index in [-0.39, 0.29) is 17.3 Å². The lowest BCUT2D eigenvalue weighted by Crippen LogP contribution is -2.59. The summed E-state index contributed by atoms with van der Waals surface area (Å²) in [7, 11) is 3.13. The molecule has 4 amide bonds. The van der Waals surface area contributed by atoms with Crippen molar-refractivity contribution in [1.82, 2.24) is 20.9 Å². The van der Waals surface area contributed by atoms with E-state index in [0.29, 0.717) is 0 Å². The lowest BCUT2D eigenvalue weighted by molar-refractivity contribution is -0.132. The van der Waals surface area contributed by atoms with Crippen molar-refractivity contribution in [3.63, 3.8) is 0 Å². The van der Waals surface area contributed by atoms with Gasteiger partial charge in [-0.05, 0) is 70.8 Å². The second-order valence-electron chi connectivity index (χ2n) is 21.6. The third-order valence-electron chi connectivity index (χ3n) is 15.0. The normalized spacial score (nSPS) is 12.9. The molecule has 0 fully saturated rings. The summed E-state index contributed by atoms with van der Waals surface area (Å²) < 4.78 is 3.41. The van der Waals surface area contributed by atoms with E-state index in [1.165, 1.54) is 28.4 Å². The van der Waals surface area contributed by atoms with Gasteiger partial charge in [0.05, 0.1) is 14.2 Å². The van der Waals surface area contributed by atoms with Gasteiger partial charge in [-0.2, -0.15) is 0 Å². The molecular formula is C73H72N4O5S3. The van der Waals surface area contributed by atoms with Gasteiger partial charge in [0.15, 0.2) is 0 Å². The molecule has 85 heavy (non-hydrogen) atoms. The van der Waals surface area contributed by atoms with Crippen LogP contribution in [0.15, 0.2) is 273 Å². The third-order valence-corrected chi connectivity index (χ3v) is 19.9. The number of likely N-dealkylation sites (N-methyl/N-ethyl adjacent to an activating group) is 2. The van der Waals surface area contributed by atoms with Crippen molar-refractivity contribution < 1.29 is 23.9 Å². The molecule has 0 aliphatic rings. The van der Waals surface area contributed by atoms with E-state index < -0.39 is 61.8 Å². The van der Waals surface area contributed by atoms with Crippen molar-refractivity contribution in [3.05, 3.63) is 323 Å². The van der Waals surface area contributed by atoms with Crippen molar-refractivity contribution in [2.75, 3.05) is 31.4 Å². The molecule has 0 saturated heterocycles. The molecule has 3 atom stereocenters. The van der Waals surface area contributed by atoms with Crippen LogP contribution in [0.5, 0.6) is 0 Å². The van der Waals surface area contributed by atoms with Crippen LogP contribution in [0.3, 0.4) is 0 Å². The van der Waals surface area contributed by atoms with Gasteiger partial charge < -0.3 is 20.7 Å². The Hall–Kier alpha value is -8.29. The first-order valence-electron chi connectivity index (χ1n) is 28.5. The number of benzene rings is 9. The van der Waals surface area contributed by atoms with E-state index >= 15 is 9.59 Å². The summed E-state index contributed by atoms with van der Waals surface area (Å²) in [5, 5.41) is 9.27. The van der Waals surface area contributed by atoms with Crippen LogP contribution in [-0.2, 0) is 33.4 Å². The molecule has 0 radical (unpaired) electrons. The Bertz CT molecular complexity index is 3260. The van der Waals surface area contributed by atoms with Crippen LogP contribution < -0.4 is 16.0 Å². The largest absolute Gasteiger partial charge is 0.444 e. The van der Waals surface area contributed by atoms with Crippen LogP contribution in [-0.4, -0.2) is 83.8 Å². The standard InChI is InChI=1S/C73H72N4O5S3/c1-70(2,3)82-69(81)77(5)65(53-85-73(60-45-27-12-28-46-60,61-47-29-13-30-48-61)62-49-31-14-32-50-62)68(80)76-64(52-84-72(57-39-21-9-22-40-57,58-41-23-10-24-42-58)59-43-25-11-26-44-59)67(79)75-63(66(78)74-4)51-83-71(54-33-15-6-16-34-54,55-35-17-7-18-36-55)56-37-19-8-20-38-56/h6-50,63-65H,51-53H2,1-5H3,(H,74,78)(H,75,79)(H,76,80)/t63-,64-,65-/m1/s1. The van der Waals surface area contributed by atoms with Crippen molar-refractivity contribution in [3.8, 4) is 0 Å². The Balaban J connectivity index is 1.15. The summed E-state index contributed by atoms with van der Waals surface area (Å²) >= 11 is 4.58. The van der Waals surface area contributed by atoms with Crippen molar-refractivity contribution >= 4 is 59.1 Å². The molecule has 0 heterocycles. The summed E-state index contributed by atoms with van der Waals surface area (Å²) in [5.74, 6) is -1.38. The number of ether oxygens (including phenoxy) is 1. The van der Waals surface area contributed by atoms with Gasteiger partial charge in [0.2, 0.25) is 17.7 Å². The highest BCUT2D eigenvalue weighted by atomic mass is 32.2. The summed E-state index contributed by atoms with van der Waals surface area (Å²) in [5.41, 5.74) is 7.87. The van der Waals surface area contributed by atoms with E-state index in [4.69, 9.17) is 4.74 Å². The van der Waals surface area contributed by atoms with Gasteiger partial charge in [-0.3, -0.25) is 19.3 Å². The minimum atomic E-state index is -1.28. The smallest absolute Gasteiger partial charge is 0.410 e. The highest BCUT2D eigenvalue weighted by Crippen LogP contribution is 2.52. The molecule has 0 aromatic heterocycles. The molecule has 3 N–H and O–H groups in total. The van der Waals surface area contributed by atoms with Crippen LogP contribution >= 0.6 is 35.3 Å². The minimum Gasteiger partial charge on any atom is -0.444 e. The molecule has 0 bridgehead atoms. The zero-order chi connectivity index (χ0) is 59.7. The molecule has 9 aromatic carbocycles. The Morgan fingerprint density at radius 3 is 0.824 bits per heavy atom. The summed E-state index contributed by atoms with van der Waals surface area (Å²) in [6.45, 7) is 5.36. The number of hydrogen-bond acceptors (Lipinski definition) is 8. The predicted octanol–water partition coefficient (Wildman–Crippen LogP) is 14.1. The van der Waals surface area contributed by atoms with Crippen LogP contribution in [0.25, 0.3) is 0 Å². The average molecular weight is 1180 g/mol. The van der Waals surface area contributed by atoms with E-state index in [2.05, 4.69) is 125 Å². The molecule has 9 aromatic rings. The van der Waals surface area contributed by atoms with Gasteiger partial charge >= 0.3 is 6.09 Å². The van der Waals surface area contributed by atoms with Gasteiger partial charge in [-0.1, -0.05) is 273 Å². The topological polar surface area (TPSA) is 117 Å². The van der Waals surface area contributed by atoms with Crippen LogP contribution in [0.1, 0.15) is 70.8 Å². The van der Waals surface area contributed by atoms with E-state index in [0.717, 1.165) is 50.1 Å². The number of nitrogens with one attached hydrogen (secondary N) is 3. The summed E-state index contributed by atoms with van der Waals surface area (Å²) in [6.07, 6.45) is -0.708. The SMILES string of the molecule is CNC(=O)[C@@H](CSC(c1ccccc1)(c1ccccc1)c1ccccc1)NC(=O)[C@@H](CSC(c1ccccc1)(c1ccccc1)c1ccccc1)NC(=O)[C@@H](CSC(c1ccccc1)(c1ccccc1)c1ccccc1)N(C)C(=O)OC(C)(C)C. The Morgan fingerprint density at radius 2 is 0.588 bits per heavy atom. The first kappa shape index (κ1) is 61.3. The van der Waals surface area contributed by atoms with Gasteiger partial charge in [0.25, 0.3) is 0 Å². The summed E-state index contributed by atoms with van der Waals surface area (Å²) in [4.78, 5) is 62.2. The third kappa shape index (κ3) is 14.1. The van der Waals surface area contributed by atoms with Crippen LogP contribution in [0, 0.1) is 0 Å². The number of carbonyl (C=O) groups is 4. The Labute approximate surface area is 513 Å². The van der Waals surface area contributed by atoms with E-state index in [9.17, 15) is 9.59 Å². The molecule has 0 spiro atoms. The first-order valence-corrected chi connectivity index (χ1v) is 31.5. The van der Waals surface area contributed by atoms with Gasteiger partial charge in [-0.15, -0.1) is 35.3 Å². The average Bonchev–Trinajstić information content (AvgIpc) is 1.80. The maximum Gasteiger partial charge on any atom is 0.410 e. The summed E-state index contributed by atoms with van der Waals surface area (Å²) in [6, 6.07) is 87.9. The fraction of sp³-hybridized carbons (Fsp3) is 0.205. The van der Waals surface area contributed by atoms with E-state index in [1.54, 1.807) is 46.6 Å². The fourth-order valence-electron chi connectivity index (χ4n) is 10.8. The van der Waals surface area contributed by atoms with Crippen molar-refractivity contribution in [2.24, 2.45) is 0 Å². The van der Waals surface area contributed by atoms with Crippen LogP contribution in [0.2, 0.25) is 0 Å². The molecule has 0 saturated carbocycles. The number of thioether (sulfide) groups is 3. The maximum atomic E-state index is 16.0. The first-order chi connectivity index (χ1) is 41.3. The molecular weight excluding hydrogens is 1110 g/mol. The number of amides is 4. The lowest BCUT2D eigenvalue weighted by atomic mass is 9.84. The second kappa shape index (κ2) is 28.5. The van der Waals surface area contributed by atoms with Crippen LogP contribution in [0.4, 0.5) is 4.79 Å². The minimum absolute atomic E-state index is 0.0177. The fourth-order valence-corrected chi connectivity index (χ4v) is 15.6. The van der Waals surface area contributed by atoms with E-state index in [1.807, 2.05) is 164 Å². The highest BCUT2D eigenvalue weighted by Gasteiger charge is 2.44. The van der Waals surface area contributed by atoms with Crippen molar-refractivity contribution in [1.29, 1.82) is 0 Å². The molecule has 12 heteroatoms. The number of nitrogens with zero attached hydrogens (tertiary/aromatic N) is 1. The van der Waals surface area contributed by atoms with Gasteiger partial charge in [-0.25, -0.2) is 4.79 Å². The highest BCUT2D eigenvalue weighted by molar-refractivity contribution is 8.01. The van der Waals surface area contributed by atoms with Gasteiger partial charge in [0.1, 0.15) is 23.7 Å². The molecule has 0 aliphatic carbocycles. The van der Waals surface area contributed by atoms with Crippen molar-refractivity contribution in [2.45, 2.75) is 58.7 Å². The number of carbonyl (C=O) groups excluding carboxylic acids is 4. The Morgan fingerprint density at radius 1 is 0.365 bits per heavy atom. The van der Waals surface area contributed by atoms with Gasteiger partial charge in [0, 0.05) is 31.4 Å². The molecule has 9 rings (SSSR count). The number of hydrogen-bond donors (Lipinski definition) is 3. The number of rotatable bonds is 24. The Kier molecular flexibility index (Phi) is 20.6. The predicted molar refractivity (Wildman–Crippen MR) is 351 cm³/mol. The molecule has 0 aliphatic heterocycles. The second-order valence-corrected chi connectivity index (χ2v) is 25.3. The zero-order valence-corrected chi connectivity index (χ0v) is 51.0. The molecule has 9 nitrogen and oxygen atoms in total. The molecule has 432 valence electrons. The zero-order valence-electron chi connectivity index (χ0n) is 48.5. The lowest BCUT2D eigenvalue weighted by Gasteiger charge is -2.38. The quantitative estimate of drug-likeness (QED) is 0.0512. The maximum absolute atomic E-state index is 16.0. The monoisotopic (exact) mass is 1180 g/mol.